The minimum atomic E-state index is 0.150. The second-order valence-corrected chi connectivity index (χ2v) is 5.36. The molecule has 18 heavy (non-hydrogen) atoms. The van der Waals surface area contributed by atoms with Gasteiger partial charge in [0.15, 0.2) is 0 Å². The van der Waals surface area contributed by atoms with Crippen LogP contribution >= 0.6 is 15.9 Å². The molecule has 0 bridgehead atoms. The summed E-state index contributed by atoms with van der Waals surface area (Å²) in [5.41, 5.74) is 3.67. The Kier molecular flexibility index (Phi) is 3.93. The maximum atomic E-state index is 5.63. The highest BCUT2D eigenvalue weighted by Gasteiger charge is 2.20. The van der Waals surface area contributed by atoms with Gasteiger partial charge in [-0.1, -0.05) is 34.1 Å². The van der Waals surface area contributed by atoms with Gasteiger partial charge in [0.2, 0.25) is 0 Å². The van der Waals surface area contributed by atoms with Crippen LogP contribution in [0.5, 0.6) is 0 Å². The van der Waals surface area contributed by atoms with E-state index < -0.39 is 0 Å². The first-order valence-corrected chi connectivity index (χ1v) is 6.83. The lowest BCUT2D eigenvalue weighted by Gasteiger charge is -2.18. The van der Waals surface area contributed by atoms with Crippen LogP contribution in [-0.2, 0) is 0 Å². The second-order valence-electron chi connectivity index (χ2n) is 4.57. The van der Waals surface area contributed by atoms with Crippen LogP contribution in [0, 0.1) is 20.8 Å². The summed E-state index contributed by atoms with van der Waals surface area (Å²) in [6, 6.07) is 8.58. The third-order valence-electron chi connectivity index (χ3n) is 3.21. The third kappa shape index (κ3) is 2.38. The molecular formula is C15H18BrNO. The fraction of sp³-hybridized carbons (Fsp3) is 0.333. The molecule has 1 N–H and O–H groups in total. The molecule has 0 saturated heterocycles. The number of hydrogen-bond donors (Lipinski definition) is 1. The van der Waals surface area contributed by atoms with E-state index in [1.807, 2.05) is 20.9 Å². The number of rotatable bonds is 3. The highest BCUT2D eigenvalue weighted by molar-refractivity contribution is 9.10. The monoisotopic (exact) mass is 307 g/mol. The molecule has 1 atom stereocenters. The fourth-order valence-electron chi connectivity index (χ4n) is 2.31. The van der Waals surface area contributed by atoms with E-state index in [0.29, 0.717) is 0 Å². The van der Waals surface area contributed by atoms with Gasteiger partial charge in [-0.3, -0.25) is 0 Å². The van der Waals surface area contributed by atoms with Crippen molar-refractivity contribution in [1.82, 2.24) is 5.32 Å². The Balaban J connectivity index is 2.52. The maximum absolute atomic E-state index is 5.63. The Morgan fingerprint density at radius 1 is 1.17 bits per heavy atom. The normalized spacial score (nSPS) is 12.7. The van der Waals surface area contributed by atoms with Crippen molar-refractivity contribution < 1.29 is 4.42 Å². The molecule has 0 aliphatic rings. The van der Waals surface area contributed by atoms with Crippen LogP contribution in [0.1, 0.15) is 34.3 Å². The van der Waals surface area contributed by atoms with Gasteiger partial charge in [-0.25, -0.2) is 0 Å². The quantitative estimate of drug-likeness (QED) is 0.915. The molecule has 2 nitrogen and oxygen atoms in total. The molecule has 1 heterocycles. The average Bonchev–Trinajstić information content (AvgIpc) is 2.65. The van der Waals surface area contributed by atoms with Crippen molar-refractivity contribution >= 4 is 15.9 Å². The van der Waals surface area contributed by atoms with Gasteiger partial charge in [0, 0.05) is 10.0 Å². The zero-order valence-electron chi connectivity index (χ0n) is 11.2. The largest absolute Gasteiger partial charge is 0.466 e. The molecule has 0 saturated carbocycles. The van der Waals surface area contributed by atoms with Crippen molar-refractivity contribution in [2.24, 2.45) is 0 Å². The highest BCUT2D eigenvalue weighted by atomic mass is 79.9. The van der Waals surface area contributed by atoms with E-state index in [0.717, 1.165) is 16.0 Å². The van der Waals surface area contributed by atoms with Crippen LogP contribution in [-0.4, -0.2) is 7.05 Å². The van der Waals surface area contributed by atoms with Crippen molar-refractivity contribution in [2.45, 2.75) is 26.8 Å². The maximum Gasteiger partial charge on any atom is 0.106 e. The van der Waals surface area contributed by atoms with E-state index in [9.17, 15) is 0 Å². The lowest BCUT2D eigenvalue weighted by molar-refractivity contribution is 0.496. The molecule has 96 valence electrons. The van der Waals surface area contributed by atoms with Crippen molar-refractivity contribution in [3.05, 3.63) is 56.9 Å². The molecule has 0 spiro atoms. The molecule has 0 aliphatic carbocycles. The number of halogens is 1. The SMILES string of the molecule is CNC(c1cc(C)oc1C)c1cccc(C)c1Br. The topological polar surface area (TPSA) is 25.2 Å². The number of aryl methyl sites for hydroxylation is 3. The van der Waals surface area contributed by atoms with E-state index in [1.165, 1.54) is 16.7 Å². The minimum absolute atomic E-state index is 0.150. The van der Waals surface area contributed by atoms with Crippen LogP contribution in [0.3, 0.4) is 0 Å². The standard InChI is InChI=1S/C15H18BrNO/c1-9-6-5-7-12(14(9)16)15(17-4)13-8-10(2)18-11(13)3/h5-8,15,17H,1-4H3. The number of furan rings is 1. The first-order chi connectivity index (χ1) is 8.54. The Labute approximate surface area is 117 Å². The first kappa shape index (κ1) is 13.4. The predicted molar refractivity (Wildman–Crippen MR) is 78.0 cm³/mol. The Morgan fingerprint density at radius 3 is 2.44 bits per heavy atom. The zero-order chi connectivity index (χ0) is 13.3. The summed E-state index contributed by atoms with van der Waals surface area (Å²) in [7, 11) is 1.97. The van der Waals surface area contributed by atoms with Gasteiger partial charge >= 0.3 is 0 Å². The lowest BCUT2D eigenvalue weighted by Crippen LogP contribution is -2.18. The van der Waals surface area contributed by atoms with Gasteiger partial charge in [0.25, 0.3) is 0 Å². The molecular weight excluding hydrogens is 290 g/mol. The molecule has 2 aromatic rings. The summed E-state index contributed by atoms with van der Waals surface area (Å²) < 4.78 is 6.79. The third-order valence-corrected chi connectivity index (χ3v) is 4.29. The predicted octanol–water partition coefficient (Wildman–Crippen LogP) is 4.28. The van der Waals surface area contributed by atoms with Crippen molar-refractivity contribution in [3.63, 3.8) is 0 Å². The molecule has 1 aromatic carbocycles. The first-order valence-electron chi connectivity index (χ1n) is 6.03. The summed E-state index contributed by atoms with van der Waals surface area (Å²) in [6.07, 6.45) is 0. The van der Waals surface area contributed by atoms with Crippen LogP contribution in [0.15, 0.2) is 33.2 Å². The molecule has 0 amide bonds. The van der Waals surface area contributed by atoms with Gasteiger partial charge in [0.05, 0.1) is 6.04 Å². The van der Waals surface area contributed by atoms with Gasteiger partial charge in [0.1, 0.15) is 11.5 Å². The van der Waals surface area contributed by atoms with E-state index in [4.69, 9.17) is 4.42 Å². The van der Waals surface area contributed by atoms with Crippen molar-refractivity contribution in [1.29, 1.82) is 0 Å². The van der Waals surface area contributed by atoms with Gasteiger partial charge in [-0.05, 0) is 45.0 Å². The van der Waals surface area contributed by atoms with Crippen molar-refractivity contribution in [3.8, 4) is 0 Å². The number of nitrogens with one attached hydrogen (secondary N) is 1. The van der Waals surface area contributed by atoms with E-state index in [2.05, 4.69) is 52.4 Å². The fourth-order valence-corrected chi connectivity index (χ4v) is 2.80. The summed E-state index contributed by atoms with van der Waals surface area (Å²) in [6.45, 7) is 6.10. The van der Waals surface area contributed by atoms with Gasteiger partial charge in [-0.2, -0.15) is 0 Å². The molecule has 1 unspecified atom stereocenters. The van der Waals surface area contributed by atoms with Crippen LogP contribution in [0.4, 0.5) is 0 Å². The summed E-state index contributed by atoms with van der Waals surface area (Å²) in [5.74, 6) is 1.92. The van der Waals surface area contributed by atoms with Crippen LogP contribution < -0.4 is 5.32 Å². The Bertz CT molecular complexity index is 560. The zero-order valence-corrected chi connectivity index (χ0v) is 12.8. The number of benzene rings is 1. The molecule has 3 heteroatoms. The van der Waals surface area contributed by atoms with Gasteiger partial charge in [-0.15, -0.1) is 0 Å². The van der Waals surface area contributed by atoms with Crippen molar-refractivity contribution in [2.75, 3.05) is 7.05 Å². The van der Waals surface area contributed by atoms with Crippen LogP contribution in [0.2, 0.25) is 0 Å². The molecule has 1 aromatic heterocycles. The second kappa shape index (κ2) is 5.29. The smallest absolute Gasteiger partial charge is 0.106 e. The Hall–Kier alpha value is -1.06. The molecule has 0 aliphatic heterocycles. The highest BCUT2D eigenvalue weighted by Crippen LogP contribution is 2.33. The number of hydrogen-bond acceptors (Lipinski definition) is 2. The van der Waals surface area contributed by atoms with Gasteiger partial charge < -0.3 is 9.73 Å². The summed E-state index contributed by atoms with van der Waals surface area (Å²) >= 11 is 3.68. The molecule has 2 rings (SSSR count). The average molecular weight is 308 g/mol. The Morgan fingerprint density at radius 2 is 1.89 bits per heavy atom. The summed E-state index contributed by atoms with van der Waals surface area (Å²) in [5, 5.41) is 3.37. The van der Waals surface area contributed by atoms with E-state index in [-0.39, 0.29) is 6.04 Å². The molecule has 0 radical (unpaired) electrons. The van der Waals surface area contributed by atoms with E-state index >= 15 is 0 Å². The van der Waals surface area contributed by atoms with Crippen LogP contribution in [0.25, 0.3) is 0 Å². The molecule has 0 fully saturated rings. The van der Waals surface area contributed by atoms with E-state index in [1.54, 1.807) is 0 Å². The summed E-state index contributed by atoms with van der Waals surface area (Å²) in [4.78, 5) is 0. The lowest BCUT2D eigenvalue weighted by atomic mass is 9.97. The minimum Gasteiger partial charge on any atom is -0.466 e.